The average Bonchev–Trinajstić information content (AvgIpc) is 3.14. The zero-order valence-corrected chi connectivity index (χ0v) is 13.2. The molecule has 2 N–H and O–H groups in total. The molecule has 7 nitrogen and oxygen atoms in total. The van der Waals surface area contributed by atoms with E-state index in [1.54, 1.807) is 19.4 Å². The Labute approximate surface area is 135 Å². The number of carbonyl (C=O) groups is 1. The number of rotatable bonds is 4. The van der Waals surface area contributed by atoms with Crippen LogP contribution in [0.4, 0.5) is 4.79 Å². The molecule has 2 amide bonds. The van der Waals surface area contributed by atoms with Gasteiger partial charge in [0.15, 0.2) is 0 Å². The minimum atomic E-state index is -0.0136. The van der Waals surface area contributed by atoms with E-state index >= 15 is 0 Å². The molecule has 7 heteroatoms. The second-order valence-corrected chi connectivity index (χ2v) is 5.67. The van der Waals surface area contributed by atoms with Crippen LogP contribution in [0.15, 0.2) is 30.6 Å². The molecular formula is C16H21N5O2. The zero-order valence-electron chi connectivity index (χ0n) is 13.2. The summed E-state index contributed by atoms with van der Waals surface area (Å²) in [5, 5.41) is 9.47. The molecule has 23 heavy (non-hydrogen) atoms. The highest BCUT2D eigenvalue weighted by molar-refractivity contribution is 5.73. The van der Waals surface area contributed by atoms with Gasteiger partial charge in [0.1, 0.15) is 5.75 Å². The van der Waals surface area contributed by atoms with Crippen LogP contribution < -0.4 is 10.1 Å². The number of hydrogen-bond acceptors (Lipinski definition) is 4. The third kappa shape index (κ3) is 3.80. The van der Waals surface area contributed by atoms with Crippen LogP contribution in [-0.2, 0) is 0 Å². The summed E-state index contributed by atoms with van der Waals surface area (Å²) in [6, 6.07) is 5.67. The van der Waals surface area contributed by atoms with Crippen molar-refractivity contribution in [2.45, 2.75) is 12.8 Å². The number of aromatic nitrogens is 3. The van der Waals surface area contributed by atoms with Gasteiger partial charge in [0.05, 0.1) is 24.2 Å². The van der Waals surface area contributed by atoms with Crippen LogP contribution in [0.1, 0.15) is 12.8 Å². The third-order valence-electron chi connectivity index (χ3n) is 4.02. The summed E-state index contributed by atoms with van der Waals surface area (Å²) >= 11 is 0. The van der Waals surface area contributed by atoms with E-state index in [1.165, 1.54) is 0 Å². The largest absolute Gasteiger partial charge is 0.492 e. The number of urea groups is 1. The van der Waals surface area contributed by atoms with Crippen LogP contribution in [0.3, 0.4) is 0 Å². The van der Waals surface area contributed by atoms with Crippen LogP contribution in [0.5, 0.6) is 5.75 Å². The molecule has 3 rings (SSSR count). The molecule has 0 saturated carbocycles. The molecule has 0 bridgehead atoms. The number of nitrogens with zero attached hydrogens (tertiary/aromatic N) is 3. The lowest BCUT2D eigenvalue weighted by Crippen LogP contribution is -2.45. The fourth-order valence-electron chi connectivity index (χ4n) is 2.78. The van der Waals surface area contributed by atoms with Gasteiger partial charge in [-0.25, -0.2) is 4.79 Å². The van der Waals surface area contributed by atoms with Crippen LogP contribution >= 0.6 is 0 Å². The lowest BCUT2D eigenvalue weighted by Gasteiger charge is -2.32. The highest BCUT2D eigenvalue weighted by atomic mass is 16.5. The molecule has 3 heterocycles. The van der Waals surface area contributed by atoms with E-state index < -0.39 is 0 Å². The fourth-order valence-corrected chi connectivity index (χ4v) is 2.78. The van der Waals surface area contributed by atoms with E-state index in [4.69, 9.17) is 4.74 Å². The first-order chi connectivity index (χ1) is 11.3. The summed E-state index contributed by atoms with van der Waals surface area (Å²) in [7, 11) is 1.66. The van der Waals surface area contributed by atoms with E-state index in [0.29, 0.717) is 12.5 Å². The normalized spacial score (nSPS) is 17.8. The summed E-state index contributed by atoms with van der Waals surface area (Å²) in [4.78, 5) is 17.9. The van der Waals surface area contributed by atoms with Crippen molar-refractivity contribution in [2.75, 3.05) is 26.7 Å². The quantitative estimate of drug-likeness (QED) is 0.902. The van der Waals surface area contributed by atoms with Gasteiger partial charge < -0.3 is 15.0 Å². The topological polar surface area (TPSA) is 83.1 Å². The predicted octanol–water partition coefficient (Wildman–Crippen LogP) is 1.90. The first-order valence-corrected chi connectivity index (χ1v) is 7.81. The molecule has 2 aromatic heterocycles. The van der Waals surface area contributed by atoms with Gasteiger partial charge >= 0.3 is 6.03 Å². The highest BCUT2D eigenvalue weighted by Crippen LogP contribution is 2.20. The maximum absolute atomic E-state index is 11.7. The van der Waals surface area contributed by atoms with Gasteiger partial charge in [0.2, 0.25) is 0 Å². The van der Waals surface area contributed by atoms with Gasteiger partial charge in [0.25, 0.3) is 0 Å². The molecule has 1 atom stereocenters. The molecular weight excluding hydrogens is 294 g/mol. The molecule has 0 aliphatic carbocycles. The standard InChI is InChI=1S/C16H21N5O2/c1-17-16(22)21-8-2-3-12(10-21)11-23-13-4-5-14(18-9-13)15-6-7-19-20-15/h4-7,9,12H,2-3,8,10-11H2,1H3,(H,17,22)(H,19,20)/t12-/m1/s1. The molecule has 1 aliphatic rings. The van der Waals surface area contributed by atoms with E-state index in [9.17, 15) is 4.79 Å². The van der Waals surface area contributed by atoms with Crippen molar-refractivity contribution in [1.29, 1.82) is 0 Å². The van der Waals surface area contributed by atoms with Crippen molar-refractivity contribution < 1.29 is 9.53 Å². The molecule has 0 unspecified atom stereocenters. The maximum atomic E-state index is 11.7. The summed E-state index contributed by atoms with van der Waals surface area (Å²) in [5.74, 6) is 1.10. The van der Waals surface area contributed by atoms with E-state index in [2.05, 4.69) is 20.5 Å². The Hall–Kier alpha value is -2.57. The Kier molecular flexibility index (Phi) is 4.75. The molecule has 1 saturated heterocycles. The van der Waals surface area contributed by atoms with Gasteiger partial charge in [-0.05, 0) is 31.0 Å². The predicted molar refractivity (Wildman–Crippen MR) is 86.1 cm³/mol. The second kappa shape index (κ2) is 7.13. The number of aromatic amines is 1. The van der Waals surface area contributed by atoms with E-state index in [1.807, 2.05) is 23.1 Å². The Morgan fingerprint density at radius 3 is 3.09 bits per heavy atom. The van der Waals surface area contributed by atoms with E-state index in [0.717, 1.165) is 43.1 Å². The van der Waals surface area contributed by atoms with Crippen LogP contribution in [0.25, 0.3) is 11.4 Å². The van der Waals surface area contributed by atoms with Gasteiger partial charge in [-0.1, -0.05) is 0 Å². The number of nitrogens with one attached hydrogen (secondary N) is 2. The van der Waals surface area contributed by atoms with Crippen molar-refractivity contribution in [3.63, 3.8) is 0 Å². The number of carbonyl (C=O) groups excluding carboxylic acids is 1. The molecule has 0 radical (unpaired) electrons. The molecule has 122 valence electrons. The lowest BCUT2D eigenvalue weighted by molar-refractivity contribution is 0.138. The van der Waals surface area contributed by atoms with Crippen LogP contribution in [0.2, 0.25) is 0 Å². The maximum Gasteiger partial charge on any atom is 0.317 e. The molecule has 2 aromatic rings. The second-order valence-electron chi connectivity index (χ2n) is 5.67. The number of hydrogen-bond donors (Lipinski definition) is 2. The summed E-state index contributed by atoms with van der Waals surface area (Å²) in [6.45, 7) is 2.15. The number of pyridine rings is 1. The number of piperidine rings is 1. The molecule has 0 spiro atoms. The minimum Gasteiger partial charge on any atom is -0.492 e. The van der Waals surface area contributed by atoms with Gasteiger partial charge in [-0.3, -0.25) is 10.1 Å². The van der Waals surface area contributed by atoms with Crippen LogP contribution in [-0.4, -0.2) is 52.9 Å². The molecule has 1 aliphatic heterocycles. The van der Waals surface area contributed by atoms with Crippen molar-refractivity contribution >= 4 is 6.03 Å². The van der Waals surface area contributed by atoms with Gasteiger partial charge in [-0.2, -0.15) is 5.10 Å². The summed E-state index contributed by atoms with van der Waals surface area (Å²) < 4.78 is 5.83. The Bertz CT molecular complexity index is 626. The van der Waals surface area contributed by atoms with Crippen molar-refractivity contribution in [3.05, 3.63) is 30.6 Å². The Morgan fingerprint density at radius 2 is 2.39 bits per heavy atom. The minimum absolute atomic E-state index is 0.0136. The van der Waals surface area contributed by atoms with Crippen molar-refractivity contribution in [3.8, 4) is 17.1 Å². The van der Waals surface area contributed by atoms with Gasteiger partial charge in [-0.15, -0.1) is 0 Å². The highest BCUT2D eigenvalue weighted by Gasteiger charge is 2.23. The third-order valence-corrected chi connectivity index (χ3v) is 4.02. The first-order valence-electron chi connectivity index (χ1n) is 7.81. The first kappa shape index (κ1) is 15.3. The number of H-pyrrole nitrogens is 1. The Morgan fingerprint density at radius 1 is 1.48 bits per heavy atom. The molecule has 0 aromatic carbocycles. The van der Waals surface area contributed by atoms with Crippen molar-refractivity contribution in [1.82, 2.24) is 25.4 Å². The number of amides is 2. The van der Waals surface area contributed by atoms with Gasteiger partial charge in [0, 0.05) is 32.3 Å². The van der Waals surface area contributed by atoms with E-state index in [-0.39, 0.29) is 6.03 Å². The smallest absolute Gasteiger partial charge is 0.317 e. The lowest BCUT2D eigenvalue weighted by atomic mass is 9.99. The summed E-state index contributed by atoms with van der Waals surface area (Å²) in [6.07, 6.45) is 5.50. The average molecular weight is 315 g/mol. The molecule has 1 fully saturated rings. The monoisotopic (exact) mass is 315 g/mol. The Balaban J connectivity index is 1.53. The summed E-state index contributed by atoms with van der Waals surface area (Å²) in [5.41, 5.74) is 1.71. The SMILES string of the molecule is CNC(=O)N1CCC[C@@H](COc2ccc(-c3ccn[nH]3)nc2)C1. The number of likely N-dealkylation sites (tertiary alicyclic amines) is 1. The van der Waals surface area contributed by atoms with Crippen LogP contribution in [0, 0.1) is 5.92 Å². The van der Waals surface area contributed by atoms with Crippen molar-refractivity contribution in [2.24, 2.45) is 5.92 Å². The number of ether oxygens (including phenoxy) is 1. The zero-order chi connectivity index (χ0) is 16.1. The fraction of sp³-hybridized carbons (Fsp3) is 0.438.